The van der Waals surface area contributed by atoms with Crippen molar-refractivity contribution in [2.24, 2.45) is 0 Å². The number of anilines is 1. The summed E-state index contributed by atoms with van der Waals surface area (Å²) in [6.07, 6.45) is 0. The summed E-state index contributed by atoms with van der Waals surface area (Å²) < 4.78 is 5.48. The zero-order valence-corrected chi connectivity index (χ0v) is 10.1. The van der Waals surface area contributed by atoms with Gasteiger partial charge in [-0.15, -0.1) is 0 Å². The summed E-state index contributed by atoms with van der Waals surface area (Å²) in [6, 6.07) is 10.1. The Labute approximate surface area is 105 Å². The summed E-state index contributed by atoms with van der Waals surface area (Å²) in [6.45, 7) is 2.37. The molecule has 0 amide bonds. The molecule has 2 aromatic rings. The van der Waals surface area contributed by atoms with Crippen LogP contribution in [0.15, 0.2) is 36.4 Å². The molecule has 4 N–H and O–H groups in total. The van der Waals surface area contributed by atoms with Gasteiger partial charge in [-0.3, -0.25) is 0 Å². The summed E-state index contributed by atoms with van der Waals surface area (Å²) in [4.78, 5) is 0. The van der Waals surface area contributed by atoms with Gasteiger partial charge in [-0.2, -0.15) is 0 Å². The number of aromatic hydroxyl groups is 2. The standard InChI is InChI=1S/C14H15NO3/c1-2-18-12-6-4-3-5-9(12)13-11(16)8-7-10(15)14(13)17/h3-8,16-17H,2,15H2,1H3. The second-order valence-electron chi connectivity index (χ2n) is 3.83. The lowest BCUT2D eigenvalue weighted by atomic mass is 10.0. The highest BCUT2D eigenvalue weighted by Crippen LogP contribution is 2.44. The molecule has 0 spiro atoms. The van der Waals surface area contributed by atoms with Crippen LogP contribution < -0.4 is 10.5 Å². The Balaban J connectivity index is 2.65. The third kappa shape index (κ3) is 2.05. The number of hydrogen-bond acceptors (Lipinski definition) is 4. The Bertz CT molecular complexity index is 567. The summed E-state index contributed by atoms with van der Waals surface area (Å²) in [5.74, 6) is 0.423. The maximum atomic E-state index is 9.98. The molecule has 0 saturated heterocycles. The number of phenolic OH excluding ortho intramolecular Hbond substituents is 2. The largest absolute Gasteiger partial charge is 0.507 e. The number of benzene rings is 2. The third-order valence-electron chi connectivity index (χ3n) is 2.64. The molecule has 0 aliphatic rings. The van der Waals surface area contributed by atoms with Crippen LogP contribution in [0.25, 0.3) is 11.1 Å². The van der Waals surface area contributed by atoms with E-state index in [-0.39, 0.29) is 17.2 Å². The highest BCUT2D eigenvalue weighted by Gasteiger charge is 2.16. The lowest BCUT2D eigenvalue weighted by molar-refractivity contribution is 0.341. The summed E-state index contributed by atoms with van der Waals surface area (Å²) in [7, 11) is 0. The number of rotatable bonds is 3. The predicted octanol–water partition coefficient (Wildman–Crippen LogP) is 2.75. The van der Waals surface area contributed by atoms with Gasteiger partial charge >= 0.3 is 0 Å². The number of nitrogen functional groups attached to an aromatic ring is 1. The fraction of sp³-hybridized carbons (Fsp3) is 0.143. The fourth-order valence-electron chi connectivity index (χ4n) is 1.82. The predicted molar refractivity (Wildman–Crippen MR) is 70.8 cm³/mol. The summed E-state index contributed by atoms with van der Waals surface area (Å²) in [5, 5.41) is 19.9. The summed E-state index contributed by atoms with van der Waals surface area (Å²) >= 11 is 0. The second kappa shape index (κ2) is 4.87. The molecule has 18 heavy (non-hydrogen) atoms. The van der Waals surface area contributed by atoms with Crippen LogP contribution in [0.5, 0.6) is 17.2 Å². The molecule has 0 unspecified atom stereocenters. The van der Waals surface area contributed by atoms with Gasteiger partial charge in [0.25, 0.3) is 0 Å². The highest BCUT2D eigenvalue weighted by molar-refractivity contribution is 5.84. The van der Waals surface area contributed by atoms with Crippen molar-refractivity contribution < 1.29 is 14.9 Å². The van der Waals surface area contributed by atoms with E-state index in [0.717, 1.165) is 0 Å². The number of para-hydroxylation sites is 1. The molecular weight excluding hydrogens is 230 g/mol. The van der Waals surface area contributed by atoms with Crippen LogP contribution in [0.3, 0.4) is 0 Å². The number of nitrogens with two attached hydrogens (primary N) is 1. The molecule has 0 atom stereocenters. The van der Waals surface area contributed by atoms with Crippen LogP contribution in [-0.2, 0) is 0 Å². The molecule has 0 aliphatic carbocycles. The molecule has 4 nitrogen and oxygen atoms in total. The number of phenols is 2. The van der Waals surface area contributed by atoms with E-state index in [0.29, 0.717) is 23.5 Å². The van der Waals surface area contributed by atoms with Crippen molar-refractivity contribution in [3.63, 3.8) is 0 Å². The van der Waals surface area contributed by atoms with Crippen molar-refractivity contribution >= 4 is 5.69 Å². The van der Waals surface area contributed by atoms with Crippen LogP contribution >= 0.6 is 0 Å². The first-order chi connectivity index (χ1) is 8.65. The van der Waals surface area contributed by atoms with Crippen molar-refractivity contribution in [1.82, 2.24) is 0 Å². The quantitative estimate of drug-likeness (QED) is 0.441. The minimum atomic E-state index is -0.137. The Hall–Kier alpha value is -2.36. The van der Waals surface area contributed by atoms with Gasteiger partial charge in [-0.1, -0.05) is 18.2 Å². The van der Waals surface area contributed by atoms with E-state index >= 15 is 0 Å². The number of ether oxygens (including phenoxy) is 1. The monoisotopic (exact) mass is 245 g/mol. The molecule has 0 heterocycles. The zero-order valence-electron chi connectivity index (χ0n) is 10.1. The smallest absolute Gasteiger partial charge is 0.150 e. The molecule has 4 heteroatoms. The van der Waals surface area contributed by atoms with Gasteiger partial charge in [0, 0.05) is 5.56 Å². The Morgan fingerprint density at radius 3 is 2.56 bits per heavy atom. The van der Waals surface area contributed by atoms with Crippen LogP contribution in [0.1, 0.15) is 6.92 Å². The topological polar surface area (TPSA) is 75.7 Å². The van der Waals surface area contributed by atoms with Gasteiger partial charge in [0.1, 0.15) is 17.2 Å². The first kappa shape index (κ1) is 12.1. The Morgan fingerprint density at radius 1 is 1.11 bits per heavy atom. The van der Waals surface area contributed by atoms with Gasteiger partial charge < -0.3 is 20.7 Å². The van der Waals surface area contributed by atoms with E-state index in [1.165, 1.54) is 12.1 Å². The normalized spacial score (nSPS) is 10.3. The molecule has 2 aromatic carbocycles. The molecule has 0 fully saturated rings. The van der Waals surface area contributed by atoms with E-state index in [2.05, 4.69) is 0 Å². The van der Waals surface area contributed by atoms with E-state index in [1.54, 1.807) is 18.2 Å². The Kier molecular flexibility index (Phi) is 3.28. The minimum absolute atomic E-state index is 0.0335. The molecule has 0 aromatic heterocycles. The van der Waals surface area contributed by atoms with Crippen molar-refractivity contribution in [1.29, 1.82) is 0 Å². The fourth-order valence-corrected chi connectivity index (χ4v) is 1.82. The van der Waals surface area contributed by atoms with Crippen LogP contribution in [0.2, 0.25) is 0 Å². The maximum absolute atomic E-state index is 9.98. The van der Waals surface area contributed by atoms with Gasteiger partial charge in [-0.05, 0) is 25.1 Å². The van der Waals surface area contributed by atoms with E-state index in [1.807, 2.05) is 13.0 Å². The highest BCUT2D eigenvalue weighted by atomic mass is 16.5. The molecule has 2 rings (SSSR count). The maximum Gasteiger partial charge on any atom is 0.150 e. The molecular formula is C14H15NO3. The molecule has 0 saturated carbocycles. The summed E-state index contributed by atoms with van der Waals surface area (Å²) in [5.41, 5.74) is 6.77. The van der Waals surface area contributed by atoms with E-state index in [9.17, 15) is 10.2 Å². The first-order valence-corrected chi connectivity index (χ1v) is 5.67. The average molecular weight is 245 g/mol. The van der Waals surface area contributed by atoms with Gasteiger partial charge in [0.2, 0.25) is 0 Å². The molecule has 94 valence electrons. The van der Waals surface area contributed by atoms with Gasteiger partial charge in [-0.25, -0.2) is 0 Å². The average Bonchev–Trinajstić information content (AvgIpc) is 2.37. The minimum Gasteiger partial charge on any atom is -0.507 e. The molecule has 0 radical (unpaired) electrons. The molecule has 0 aliphatic heterocycles. The Morgan fingerprint density at radius 2 is 1.83 bits per heavy atom. The lowest BCUT2D eigenvalue weighted by Gasteiger charge is -2.13. The van der Waals surface area contributed by atoms with Crippen LogP contribution in [0.4, 0.5) is 5.69 Å². The second-order valence-corrected chi connectivity index (χ2v) is 3.83. The van der Waals surface area contributed by atoms with E-state index < -0.39 is 0 Å². The van der Waals surface area contributed by atoms with Crippen molar-refractivity contribution in [2.75, 3.05) is 12.3 Å². The SMILES string of the molecule is CCOc1ccccc1-c1c(O)ccc(N)c1O. The zero-order chi connectivity index (χ0) is 13.1. The lowest BCUT2D eigenvalue weighted by Crippen LogP contribution is -1.95. The third-order valence-corrected chi connectivity index (χ3v) is 2.64. The van der Waals surface area contributed by atoms with E-state index in [4.69, 9.17) is 10.5 Å². The van der Waals surface area contributed by atoms with Crippen molar-refractivity contribution in [3.05, 3.63) is 36.4 Å². The van der Waals surface area contributed by atoms with Gasteiger partial charge in [0.15, 0.2) is 0 Å². The van der Waals surface area contributed by atoms with Gasteiger partial charge in [0.05, 0.1) is 17.9 Å². The van der Waals surface area contributed by atoms with Crippen LogP contribution in [0, 0.1) is 0 Å². The number of hydrogen-bond donors (Lipinski definition) is 3. The van der Waals surface area contributed by atoms with Crippen LogP contribution in [-0.4, -0.2) is 16.8 Å². The first-order valence-electron chi connectivity index (χ1n) is 5.67. The van der Waals surface area contributed by atoms with Crippen molar-refractivity contribution in [3.8, 4) is 28.4 Å². The molecule has 0 bridgehead atoms. The van der Waals surface area contributed by atoms with Crippen molar-refractivity contribution in [2.45, 2.75) is 6.92 Å².